The fraction of sp³-hybridized carbons (Fsp3) is 0.385. The number of methoxy groups -OCH3 is 6. The molecule has 0 aliphatic rings. The number of nitrogens with zero attached hydrogens (tertiary/aromatic N) is 2. The van der Waals surface area contributed by atoms with Crippen molar-refractivity contribution in [3.05, 3.63) is 23.3 Å². The summed E-state index contributed by atoms with van der Waals surface area (Å²) in [6.07, 6.45) is -1.76. The molecule has 2 amide bonds. The van der Waals surface area contributed by atoms with Crippen LogP contribution < -0.4 is 28.4 Å². The van der Waals surface area contributed by atoms with Gasteiger partial charge in [0.15, 0.2) is 23.0 Å². The van der Waals surface area contributed by atoms with Gasteiger partial charge in [0.1, 0.15) is 0 Å². The van der Waals surface area contributed by atoms with Gasteiger partial charge < -0.3 is 47.7 Å². The molecule has 0 atom stereocenters. The van der Waals surface area contributed by atoms with Crippen LogP contribution in [0.15, 0.2) is 12.1 Å². The van der Waals surface area contributed by atoms with E-state index < -0.39 is 24.1 Å². The Balaban J connectivity index is 3.36. The first-order valence-corrected chi connectivity index (χ1v) is 11.4. The molecule has 2 aromatic carbocycles. The van der Waals surface area contributed by atoms with E-state index in [0.717, 1.165) is 24.0 Å². The minimum Gasteiger partial charge on any atom is -0.493 e. The molecule has 0 bridgehead atoms. The summed E-state index contributed by atoms with van der Waals surface area (Å²) in [4.78, 5) is 54.2. The van der Waals surface area contributed by atoms with Crippen molar-refractivity contribution < 1.29 is 57.1 Å². The number of amides is 2. The van der Waals surface area contributed by atoms with Crippen LogP contribution in [0.5, 0.6) is 34.5 Å². The summed E-state index contributed by atoms with van der Waals surface area (Å²) in [6, 6.07) is 2.50. The average Bonchev–Trinajstić information content (AvgIpc) is 2.94. The number of ether oxygens (including phenoxy) is 8. The first kappa shape index (κ1) is 31.3. The molecule has 0 heterocycles. The van der Waals surface area contributed by atoms with Crippen LogP contribution in [-0.4, -0.2) is 105 Å². The zero-order valence-electron chi connectivity index (χ0n) is 23.9. The monoisotopic (exact) mass is 564 g/mol. The van der Waals surface area contributed by atoms with E-state index >= 15 is 0 Å². The SMILES string of the molecule is COC(=O)c1cc(OC)c(OC)c(OC(=O)N(C)C)c1-c1c(C(=O)OC)cc(OC)c(OC)c1OC(=O)N(C)C. The van der Waals surface area contributed by atoms with Gasteiger partial charge in [-0.15, -0.1) is 0 Å². The van der Waals surface area contributed by atoms with Gasteiger partial charge in [-0.1, -0.05) is 0 Å². The molecule has 2 aromatic rings. The van der Waals surface area contributed by atoms with Gasteiger partial charge in [-0.2, -0.15) is 0 Å². The number of esters is 2. The minimum absolute atomic E-state index is 0.0138. The highest BCUT2D eigenvalue weighted by Gasteiger charge is 2.36. The third-order valence-corrected chi connectivity index (χ3v) is 5.42. The Morgan fingerprint density at radius 2 is 0.850 bits per heavy atom. The molecule has 0 aromatic heterocycles. The average molecular weight is 565 g/mol. The van der Waals surface area contributed by atoms with E-state index in [1.165, 1.54) is 68.8 Å². The standard InChI is InChI=1S/C26H32N2O12/c1-27(2)25(31)39-21-17(13(23(29)37-9)11-15(33-5)19(21)35-7)18-14(24(30)38-10)12-16(34-6)20(36-8)22(18)40-26(32)28(3)4/h11-12H,1-10H3. The maximum atomic E-state index is 13.2. The van der Waals surface area contributed by atoms with Gasteiger partial charge in [0.2, 0.25) is 11.5 Å². The first-order valence-electron chi connectivity index (χ1n) is 11.4. The molecule has 0 unspecified atom stereocenters. The van der Waals surface area contributed by atoms with Crippen LogP contribution in [0.1, 0.15) is 20.7 Å². The maximum Gasteiger partial charge on any atom is 0.414 e. The molecule has 2 rings (SSSR count). The van der Waals surface area contributed by atoms with Gasteiger partial charge in [0, 0.05) is 39.3 Å². The Bertz CT molecular complexity index is 1200. The molecule has 0 spiro atoms. The van der Waals surface area contributed by atoms with Gasteiger partial charge >= 0.3 is 24.1 Å². The molecule has 0 N–H and O–H groups in total. The van der Waals surface area contributed by atoms with E-state index in [1.807, 2.05) is 0 Å². The second-order valence-corrected chi connectivity index (χ2v) is 8.24. The van der Waals surface area contributed by atoms with Crippen LogP contribution in [0.25, 0.3) is 11.1 Å². The number of carbonyl (C=O) groups is 4. The molecule has 40 heavy (non-hydrogen) atoms. The molecule has 0 aliphatic carbocycles. The Morgan fingerprint density at radius 1 is 0.525 bits per heavy atom. The van der Waals surface area contributed by atoms with Gasteiger partial charge in [-0.3, -0.25) is 0 Å². The third-order valence-electron chi connectivity index (χ3n) is 5.42. The Labute approximate surface area is 231 Å². The van der Waals surface area contributed by atoms with Crippen LogP contribution >= 0.6 is 0 Å². The van der Waals surface area contributed by atoms with Crippen LogP contribution in [0.4, 0.5) is 9.59 Å². The zero-order chi connectivity index (χ0) is 30.3. The predicted molar refractivity (Wildman–Crippen MR) is 140 cm³/mol. The van der Waals surface area contributed by atoms with Crippen molar-refractivity contribution >= 4 is 24.1 Å². The summed E-state index contributed by atoms with van der Waals surface area (Å²) in [5, 5.41) is 0. The normalized spacial score (nSPS) is 10.2. The Morgan fingerprint density at radius 3 is 1.07 bits per heavy atom. The molecule has 0 saturated carbocycles. The lowest BCUT2D eigenvalue weighted by molar-refractivity contribution is 0.0589. The maximum absolute atomic E-state index is 13.2. The van der Waals surface area contributed by atoms with E-state index in [9.17, 15) is 19.2 Å². The van der Waals surface area contributed by atoms with Crippen molar-refractivity contribution in [3.63, 3.8) is 0 Å². The summed E-state index contributed by atoms with van der Waals surface area (Å²) >= 11 is 0. The molecular weight excluding hydrogens is 532 g/mol. The fourth-order valence-electron chi connectivity index (χ4n) is 3.51. The molecule has 14 heteroatoms. The number of hydrogen-bond donors (Lipinski definition) is 0. The Kier molecular flexibility index (Phi) is 10.4. The molecule has 0 fully saturated rings. The lowest BCUT2D eigenvalue weighted by atomic mass is 9.91. The number of carbonyl (C=O) groups excluding carboxylic acids is 4. The molecule has 218 valence electrons. The molecule has 0 aliphatic heterocycles. The van der Waals surface area contributed by atoms with E-state index in [2.05, 4.69) is 0 Å². The van der Waals surface area contributed by atoms with Crippen LogP contribution in [-0.2, 0) is 9.47 Å². The summed E-state index contributed by atoms with van der Waals surface area (Å²) in [6.45, 7) is 0. The van der Waals surface area contributed by atoms with Crippen molar-refractivity contribution in [2.45, 2.75) is 0 Å². The number of hydrogen-bond acceptors (Lipinski definition) is 12. The summed E-state index contributed by atoms with van der Waals surface area (Å²) < 4.78 is 43.1. The topological polar surface area (TPSA) is 149 Å². The summed E-state index contributed by atoms with van der Waals surface area (Å²) in [7, 11) is 13.1. The minimum atomic E-state index is -0.923. The predicted octanol–water partition coefficient (Wildman–Crippen LogP) is 3.08. The van der Waals surface area contributed by atoms with Gasteiger partial charge in [-0.25, -0.2) is 19.2 Å². The Hall–Kier alpha value is -4.88. The van der Waals surface area contributed by atoms with Crippen molar-refractivity contribution in [1.82, 2.24) is 9.80 Å². The second kappa shape index (κ2) is 13.3. The van der Waals surface area contributed by atoms with E-state index in [1.54, 1.807) is 0 Å². The largest absolute Gasteiger partial charge is 0.493 e. The summed E-state index contributed by atoms with van der Waals surface area (Å²) in [5.41, 5.74) is -0.965. The first-order chi connectivity index (χ1) is 18.9. The smallest absolute Gasteiger partial charge is 0.414 e. The highest BCUT2D eigenvalue weighted by molar-refractivity contribution is 6.09. The summed E-state index contributed by atoms with van der Waals surface area (Å²) in [5.74, 6) is -2.85. The molecule has 0 radical (unpaired) electrons. The fourth-order valence-corrected chi connectivity index (χ4v) is 3.51. The highest BCUT2D eigenvalue weighted by atomic mass is 16.6. The van der Waals surface area contributed by atoms with Gasteiger partial charge in [0.25, 0.3) is 0 Å². The van der Waals surface area contributed by atoms with Gasteiger partial charge in [-0.05, 0) is 12.1 Å². The molecular formula is C26H32N2O12. The second-order valence-electron chi connectivity index (χ2n) is 8.24. The highest BCUT2D eigenvalue weighted by Crippen LogP contribution is 2.54. The van der Waals surface area contributed by atoms with Crippen LogP contribution in [0, 0.1) is 0 Å². The van der Waals surface area contributed by atoms with Crippen molar-refractivity contribution in [2.24, 2.45) is 0 Å². The van der Waals surface area contributed by atoms with E-state index in [0.29, 0.717) is 0 Å². The van der Waals surface area contributed by atoms with Crippen molar-refractivity contribution in [3.8, 4) is 45.6 Å². The van der Waals surface area contributed by atoms with Crippen LogP contribution in [0.3, 0.4) is 0 Å². The lowest BCUT2D eigenvalue weighted by Gasteiger charge is -2.25. The lowest BCUT2D eigenvalue weighted by Crippen LogP contribution is -2.27. The van der Waals surface area contributed by atoms with E-state index in [4.69, 9.17) is 37.9 Å². The van der Waals surface area contributed by atoms with Crippen molar-refractivity contribution in [1.29, 1.82) is 0 Å². The number of benzene rings is 2. The molecule has 14 nitrogen and oxygen atoms in total. The third kappa shape index (κ3) is 6.06. The quantitative estimate of drug-likeness (QED) is 0.412. The van der Waals surface area contributed by atoms with Crippen LogP contribution in [0.2, 0.25) is 0 Å². The van der Waals surface area contributed by atoms with Crippen molar-refractivity contribution in [2.75, 3.05) is 70.8 Å². The molecule has 0 saturated heterocycles. The van der Waals surface area contributed by atoms with E-state index in [-0.39, 0.29) is 56.8 Å². The van der Waals surface area contributed by atoms with Gasteiger partial charge in [0.05, 0.1) is 53.8 Å². The zero-order valence-corrected chi connectivity index (χ0v) is 23.9. The number of rotatable bonds is 9.